The molecule has 2 aromatic heterocycles. The van der Waals surface area contributed by atoms with Crippen molar-refractivity contribution in [2.24, 2.45) is 0 Å². The van der Waals surface area contributed by atoms with Crippen molar-refractivity contribution in [2.45, 2.75) is 36.8 Å². The molecular formula is C17H20N4O2S. The van der Waals surface area contributed by atoms with E-state index in [9.17, 15) is 8.42 Å². The molecule has 0 unspecified atom stereocenters. The Bertz CT molecular complexity index is 845. The lowest BCUT2D eigenvalue weighted by atomic mass is 10.0. The van der Waals surface area contributed by atoms with Crippen LogP contribution in [0.2, 0.25) is 0 Å². The van der Waals surface area contributed by atoms with Crippen molar-refractivity contribution in [1.29, 1.82) is 0 Å². The average molecular weight is 344 g/mol. The van der Waals surface area contributed by atoms with E-state index in [4.69, 9.17) is 0 Å². The summed E-state index contributed by atoms with van der Waals surface area (Å²) < 4.78 is 24.0. The lowest BCUT2D eigenvalue weighted by molar-refractivity contribution is 0.594. The van der Waals surface area contributed by atoms with Gasteiger partial charge in [0.15, 0.2) is 9.84 Å². The second-order valence-electron chi connectivity index (χ2n) is 6.45. The summed E-state index contributed by atoms with van der Waals surface area (Å²) >= 11 is 0. The van der Waals surface area contributed by atoms with Crippen LogP contribution in [0.4, 0.5) is 11.6 Å². The Morgan fingerprint density at radius 3 is 2.71 bits per heavy atom. The molecule has 0 spiro atoms. The van der Waals surface area contributed by atoms with Crippen molar-refractivity contribution in [3.63, 3.8) is 0 Å². The summed E-state index contributed by atoms with van der Waals surface area (Å²) in [6.45, 7) is 1.85. The average Bonchev–Trinajstić information content (AvgIpc) is 3.42. The number of nitrogens with one attached hydrogen (secondary N) is 2. The lowest BCUT2D eigenvalue weighted by Crippen LogP contribution is -2.23. The molecule has 126 valence electrons. The highest BCUT2D eigenvalue weighted by Crippen LogP contribution is 2.30. The molecule has 0 aromatic carbocycles. The van der Waals surface area contributed by atoms with E-state index in [-0.39, 0.29) is 11.0 Å². The van der Waals surface area contributed by atoms with Crippen molar-refractivity contribution >= 4 is 21.5 Å². The molecule has 1 saturated carbocycles. The molecule has 7 heteroatoms. The van der Waals surface area contributed by atoms with Gasteiger partial charge in [-0.2, -0.15) is 0 Å². The molecule has 1 fully saturated rings. The fourth-order valence-electron chi connectivity index (χ4n) is 2.92. The van der Waals surface area contributed by atoms with Gasteiger partial charge in [-0.25, -0.2) is 18.4 Å². The maximum atomic E-state index is 12.0. The largest absolute Gasteiger partial charge is 0.325 e. The van der Waals surface area contributed by atoms with Gasteiger partial charge in [0.05, 0.1) is 11.0 Å². The zero-order valence-electron chi connectivity index (χ0n) is 13.3. The quantitative estimate of drug-likeness (QED) is 0.862. The molecule has 6 nitrogen and oxygen atoms in total. The summed E-state index contributed by atoms with van der Waals surface area (Å²) in [5, 5.41) is 6.39. The van der Waals surface area contributed by atoms with Crippen molar-refractivity contribution in [2.75, 3.05) is 11.9 Å². The van der Waals surface area contributed by atoms with Gasteiger partial charge in [-0.05, 0) is 54.6 Å². The van der Waals surface area contributed by atoms with Gasteiger partial charge in [-0.1, -0.05) is 6.07 Å². The number of sulfone groups is 1. The Kier molecular flexibility index (Phi) is 3.97. The fourth-order valence-corrected chi connectivity index (χ4v) is 4.65. The van der Waals surface area contributed by atoms with Crippen LogP contribution in [0.25, 0.3) is 0 Å². The van der Waals surface area contributed by atoms with E-state index in [2.05, 4.69) is 20.6 Å². The number of nitrogens with zero attached hydrogens (tertiary/aromatic N) is 2. The van der Waals surface area contributed by atoms with Gasteiger partial charge in [0, 0.05) is 18.9 Å². The van der Waals surface area contributed by atoms with Gasteiger partial charge in [0.2, 0.25) is 0 Å². The van der Waals surface area contributed by atoms with E-state index in [1.807, 2.05) is 18.3 Å². The first-order chi connectivity index (χ1) is 11.6. The van der Waals surface area contributed by atoms with Gasteiger partial charge >= 0.3 is 0 Å². The second-order valence-corrected chi connectivity index (χ2v) is 8.73. The predicted octanol–water partition coefficient (Wildman–Crippen LogP) is 1.94. The van der Waals surface area contributed by atoms with Crippen molar-refractivity contribution in [3.8, 4) is 0 Å². The highest BCUT2D eigenvalue weighted by atomic mass is 32.2. The number of rotatable bonds is 5. The Hall–Kier alpha value is -1.99. The number of hydrogen-bond acceptors (Lipinski definition) is 6. The summed E-state index contributed by atoms with van der Waals surface area (Å²) in [6.07, 6.45) is 6.14. The van der Waals surface area contributed by atoms with Crippen molar-refractivity contribution < 1.29 is 8.42 Å². The Balaban J connectivity index is 1.45. The summed E-state index contributed by atoms with van der Waals surface area (Å²) in [5.74, 6) is 1.50. The SMILES string of the molecule is O=S(=O)(Cc1ccc(Nc2cc3c(cn2)CCNC3)nc1)C1CC1. The minimum absolute atomic E-state index is 0.0771. The van der Waals surface area contributed by atoms with Gasteiger partial charge in [-0.3, -0.25) is 0 Å². The number of pyridine rings is 2. The molecule has 1 aliphatic heterocycles. The van der Waals surface area contributed by atoms with Crippen LogP contribution < -0.4 is 10.6 Å². The van der Waals surface area contributed by atoms with Crippen LogP contribution in [-0.4, -0.2) is 30.2 Å². The Labute approximate surface area is 141 Å². The minimum atomic E-state index is -3.00. The van der Waals surface area contributed by atoms with E-state index < -0.39 is 9.84 Å². The zero-order chi connectivity index (χ0) is 16.6. The molecular weight excluding hydrogens is 324 g/mol. The van der Waals surface area contributed by atoms with Crippen molar-refractivity contribution in [3.05, 3.63) is 47.3 Å². The van der Waals surface area contributed by atoms with Crippen LogP contribution in [0.15, 0.2) is 30.6 Å². The van der Waals surface area contributed by atoms with Gasteiger partial charge in [-0.15, -0.1) is 0 Å². The van der Waals surface area contributed by atoms with Gasteiger partial charge in [0.25, 0.3) is 0 Å². The smallest absolute Gasteiger partial charge is 0.157 e. The maximum Gasteiger partial charge on any atom is 0.157 e. The molecule has 0 amide bonds. The van der Waals surface area contributed by atoms with Crippen LogP contribution in [0.1, 0.15) is 29.5 Å². The van der Waals surface area contributed by atoms with Crippen LogP contribution in [0.5, 0.6) is 0 Å². The Morgan fingerprint density at radius 2 is 1.96 bits per heavy atom. The molecule has 0 saturated heterocycles. The molecule has 0 bridgehead atoms. The highest BCUT2D eigenvalue weighted by Gasteiger charge is 2.35. The maximum absolute atomic E-state index is 12.0. The number of aromatic nitrogens is 2. The van der Waals surface area contributed by atoms with Crippen LogP contribution >= 0.6 is 0 Å². The first-order valence-electron chi connectivity index (χ1n) is 8.22. The first kappa shape index (κ1) is 15.5. The molecule has 2 N–H and O–H groups in total. The molecule has 24 heavy (non-hydrogen) atoms. The third-order valence-electron chi connectivity index (χ3n) is 4.45. The monoisotopic (exact) mass is 344 g/mol. The third-order valence-corrected chi connectivity index (χ3v) is 6.67. The standard InChI is InChI=1S/C17H20N4O2S/c22-24(23,15-2-3-15)11-12-1-4-16(19-8-12)21-17-7-14-9-18-6-5-13(14)10-20-17/h1,4,7-8,10,15,18H,2-3,5-6,9,11H2,(H,19,20,21). The molecule has 1 aliphatic carbocycles. The normalized spacial score (nSPS) is 17.3. The van der Waals surface area contributed by atoms with E-state index in [0.717, 1.165) is 43.7 Å². The topological polar surface area (TPSA) is 84.0 Å². The van der Waals surface area contributed by atoms with Crippen LogP contribution in [0.3, 0.4) is 0 Å². The van der Waals surface area contributed by atoms with E-state index in [1.54, 1.807) is 12.3 Å². The number of anilines is 2. The second kappa shape index (κ2) is 6.14. The van der Waals surface area contributed by atoms with Crippen molar-refractivity contribution in [1.82, 2.24) is 15.3 Å². The first-order valence-corrected chi connectivity index (χ1v) is 9.94. The highest BCUT2D eigenvalue weighted by molar-refractivity contribution is 7.91. The summed E-state index contributed by atoms with van der Waals surface area (Å²) in [5.41, 5.74) is 3.27. The molecule has 4 rings (SSSR count). The fraction of sp³-hybridized carbons (Fsp3) is 0.412. The molecule has 0 atom stereocenters. The molecule has 2 aliphatic rings. The molecule has 2 aromatic rings. The number of hydrogen-bond donors (Lipinski definition) is 2. The predicted molar refractivity (Wildman–Crippen MR) is 92.8 cm³/mol. The van der Waals surface area contributed by atoms with Gasteiger partial charge in [0.1, 0.15) is 11.6 Å². The summed E-state index contributed by atoms with van der Waals surface area (Å²) in [7, 11) is -3.00. The minimum Gasteiger partial charge on any atom is -0.325 e. The summed E-state index contributed by atoms with van der Waals surface area (Å²) in [6, 6.07) is 5.65. The van der Waals surface area contributed by atoms with Crippen LogP contribution in [0, 0.1) is 0 Å². The molecule has 0 radical (unpaired) electrons. The molecule has 3 heterocycles. The lowest BCUT2D eigenvalue weighted by Gasteiger charge is -2.17. The number of fused-ring (bicyclic) bond motifs is 1. The zero-order valence-corrected chi connectivity index (χ0v) is 14.1. The van der Waals surface area contributed by atoms with Gasteiger partial charge < -0.3 is 10.6 Å². The summed E-state index contributed by atoms with van der Waals surface area (Å²) in [4.78, 5) is 8.74. The van der Waals surface area contributed by atoms with E-state index >= 15 is 0 Å². The van der Waals surface area contributed by atoms with E-state index in [0.29, 0.717) is 5.82 Å². The third kappa shape index (κ3) is 3.42. The van der Waals surface area contributed by atoms with Crippen LogP contribution in [-0.2, 0) is 28.6 Å². The Morgan fingerprint density at radius 1 is 1.12 bits per heavy atom. The van der Waals surface area contributed by atoms with E-state index in [1.165, 1.54) is 11.1 Å².